The van der Waals surface area contributed by atoms with E-state index in [-0.39, 0.29) is 24.3 Å². The lowest BCUT2D eigenvalue weighted by Gasteiger charge is -2.18. The number of hydrogen-bond donors (Lipinski definition) is 1. The summed E-state index contributed by atoms with van der Waals surface area (Å²) in [5.41, 5.74) is 1.36. The van der Waals surface area contributed by atoms with Gasteiger partial charge in [0.15, 0.2) is 0 Å². The molecule has 3 amide bonds. The second kappa shape index (κ2) is 7.57. The van der Waals surface area contributed by atoms with Gasteiger partial charge in [0.25, 0.3) is 0 Å². The van der Waals surface area contributed by atoms with E-state index in [1.54, 1.807) is 28.8 Å². The Labute approximate surface area is 149 Å². The second-order valence-corrected chi connectivity index (χ2v) is 6.43. The number of urea groups is 1. The summed E-state index contributed by atoms with van der Waals surface area (Å²) in [6.07, 6.45) is 1.94. The van der Waals surface area contributed by atoms with Crippen molar-refractivity contribution in [1.82, 2.24) is 4.90 Å². The van der Waals surface area contributed by atoms with Gasteiger partial charge in [-0.25, -0.2) is 9.18 Å². The lowest BCUT2D eigenvalue weighted by Crippen LogP contribution is -2.37. The number of nitrogens with zero attached hydrogens (tertiary/aromatic N) is 2. The molecule has 1 heterocycles. The quantitative estimate of drug-likeness (QED) is 0.832. The van der Waals surface area contributed by atoms with Gasteiger partial charge in [0.1, 0.15) is 12.4 Å². The average molecular weight is 359 g/mol. The summed E-state index contributed by atoms with van der Waals surface area (Å²) in [4.78, 5) is 28.8. The highest BCUT2D eigenvalue weighted by atomic mass is 32.2. The molecule has 0 saturated carbocycles. The number of nitrogens with one attached hydrogen (secondary N) is 1. The molecule has 1 saturated heterocycles. The fourth-order valence-corrected chi connectivity index (χ4v) is 3.25. The first kappa shape index (κ1) is 17.3. The van der Waals surface area contributed by atoms with Gasteiger partial charge in [0, 0.05) is 23.7 Å². The van der Waals surface area contributed by atoms with Crippen LogP contribution < -0.4 is 10.2 Å². The summed E-state index contributed by atoms with van der Waals surface area (Å²) in [6.45, 7) is 0.909. The van der Waals surface area contributed by atoms with Gasteiger partial charge in [0.05, 0.1) is 5.69 Å². The molecular weight excluding hydrogens is 341 g/mol. The Morgan fingerprint density at radius 3 is 2.60 bits per heavy atom. The number of rotatable bonds is 5. The molecule has 1 fully saturated rings. The Hall–Kier alpha value is -2.54. The molecule has 7 heteroatoms. The minimum atomic E-state index is -0.348. The molecule has 0 spiro atoms. The number of hydrogen-bond acceptors (Lipinski definition) is 3. The predicted molar refractivity (Wildman–Crippen MR) is 97.6 cm³/mol. The summed E-state index contributed by atoms with van der Waals surface area (Å²) in [6, 6.07) is 13.0. The van der Waals surface area contributed by atoms with Crippen LogP contribution in [0.25, 0.3) is 0 Å². The number of para-hydroxylation sites is 1. The molecule has 0 aliphatic carbocycles. The zero-order chi connectivity index (χ0) is 17.8. The van der Waals surface area contributed by atoms with E-state index in [0.29, 0.717) is 18.8 Å². The highest BCUT2D eigenvalue weighted by molar-refractivity contribution is 7.98. The number of anilines is 2. The lowest BCUT2D eigenvalue weighted by molar-refractivity contribution is -0.116. The van der Waals surface area contributed by atoms with Crippen molar-refractivity contribution in [3.05, 3.63) is 54.3 Å². The highest BCUT2D eigenvalue weighted by Crippen LogP contribution is 2.25. The van der Waals surface area contributed by atoms with Crippen LogP contribution in [0.15, 0.2) is 53.4 Å². The van der Waals surface area contributed by atoms with Gasteiger partial charge in [-0.3, -0.25) is 9.69 Å². The van der Waals surface area contributed by atoms with Crippen LogP contribution in [0.1, 0.15) is 0 Å². The predicted octanol–water partition coefficient (Wildman–Crippen LogP) is 3.43. The third-order valence-electron chi connectivity index (χ3n) is 3.95. The Bertz CT molecular complexity index is 782. The molecule has 0 unspecified atom stereocenters. The van der Waals surface area contributed by atoms with Crippen LogP contribution in [0.5, 0.6) is 0 Å². The minimum Gasteiger partial charge on any atom is -0.324 e. The van der Waals surface area contributed by atoms with Crippen molar-refractivity contribution in [1.29, 1.82) is 0 Å². The normalized spacial score (nSPS) is 14.1. The molecule has 3 rings (SSSR count). The van der Waals surface area contributed by atoms with Crippen molar-refractivity contribution < 1.29 is 14.0 Å². The van der Waals surface area contributed by atoms with Crippen molar-refractivity contribution in [2.75, 3.05) is 36.1 Å². The monoisotopic (exact) mass is 359 g/mol. The SMILES string of the molecule is CSc1ccccc1NC(=O)CN1CCN(c2ccc(F)cc2)C1=O. The van der Waals surface area contributed by atoms with Crippen molar-refractivity contribution in [3.8, 4) is 0 Å². The molecule has 1 N–H and O–H groups in total. The van der Waals surface area contributed by atoms with Crippen LogP contribution >= 0.6 is 11.8 Å². The number of amides is 3. The Morgan fingerprint density at radius 2 is 1.88 bits per heavy atom. The van der Waals surface area contributed by atoms with Crippen molar-refractivity contribution >= 4 is 35.1 Å². The van der Waals surface area contributed by atoms with Gasteiger partial charge in [-0.1, -0.05) is 12.1 Å². The van der Waals surface area contributed by atoms with Crippen LogP contribution in [0.3, 0.4) is 0 Å². The van der Waals surface area contributed by atoms with Gasteiger partial charge >= 0.3 is 6.03 Å². The average Bonchev–Trinajstić information content (AvgIpc) is 2.97. The summed E-state index contributed by atoms with van der Waals surface area (Å²) in [5.74, 6) is -0.588. The Balaban J connectivity index is 1.62. The van der Waals surface area contributed by atoms with E-state index >= 15 is 0 Å². The van der Waals surface area contributed by atoms with Gasteiger partial charge in [-0.05, 0) is 42.7 Å². The zero-order valence-electron chi connectivity index (χ0n) is 13.7. The summed E-state index contributed by atoms with van der Waals surface area (Å²) >= 11 is 1.55. The van der Waals surface area contributed by atoms with E-state index in [0.717, 1.165) is 10.6 Å². The van der Waals surface area contributed by atoms with Gasteiger partial charge in [0.2, 0.25) is 5.91 Å². The van der Waals surface area contributed by atoms with E-state index in [2.05, 4.69) is 5.32 Å². The van der Waals surface area contributed by atoms with Crippen LogP contribution in [0.4, 0.5) is 20.6 Å². The molecule has 1 aliphatic rings. The van der Waals surface area contributed by atoms with Gasteiger partial charge < -0.3 is 10.2 Å². The number of carbonyl (C=O) groups excluding carboxylic acids is 2. The number of carbonyl (C=O) groups is 2. The molecule has 130 valence electrons. The molecule has 0 bridgehead atoms. The second-order valence-electron chi connectivity index (χ2n) is 5.58. The van der Waals surface area contributed by atoms with Crippen molar-refractivity contribution in [2.45, 2.75) is 4.90 Å². The molecule has 0 radical (unpaired) electrons. The van der Waals surface area contributed by atoms with Crippen molar-refractivity contribution in [3.63, 3.8) is 0 Å². The molecule has 25 heavy (non-hydrogen) atoms. The summed E-state index contributed by atoms with van der Waals surface area (Å²) in [5, 5.41) is 2.85. The van der Waals surface area contributed by atoms with Crippen LogP contribution in [-0.4, -0.2) is 42.7 Å². The van der Waals surface area contributed by atoms with Gasteiger partial charge in [-0.2, -0.15) is 0 Å². The van der Waals surface area contributed by atoms with Crippen molar-refractivity contribution in [2.24, 2.45) is 0 Å². The number of thioether (sulfide) groups is 1. The first-order chi connectivity index (χ1) is 12.1. The lowest BCUT2D eigenvalue weighted by atomic mass is 10.3. The summed E-state index contributed by atoms with van der Waals surface area (Å²) in [7, 11) is 0. The van der Waals surface area contributed by atoms with E-state index in [9.17, 15) is 14.0 Å². The Morgan fingerprint density at radius 1 is 1.16 bits per heavy atom. The van der Waals surface area contributed by atoms with Crippen LogP contribution in [0.2, 0.25) is 0 Å². The van der Waals surface area contributed by atoms with E-state index in [1.165, 1.54) is 17.0 Å². The standard InChI is InChI=1S/C18H18FN3O2S/c1-25-16-5-3-2-4-15(16)20-17(23)12-21-10-11-22(18(21)24)14-8-6-13(19)7-9-14/h2-9H,10-12H2,1H3,(H,20,23). The fraction of sp³-hybridized carbons (Fsp3) is 0.222. The topological polar surface area (TPSA) is 52.7 Å². The molecule has 1 aliphatic heterocycles. The van der Waals surface area contributed by atoms with E-state index < -0.39 is 0 Å². The molecule has 2 aromatic carbocycles. The molecule has 0 atom stereocenters. The first-order valence-electron chi connectivity index (χ1n) is 7.83. The maximum Gasteiger partial charge on any atom is 0.325 e. The minimum absolute atomic E-state index is 0.0146. The van der Waals surface area contributed by atoms with Gasteiger partial charge in [-0.15, -0.1) is 11.8 Å². The molecular formula is C18H18FN3O2S. The number of benzene rings is 2. The smallest absolute Gasteiger partial charge is 0.324 e. The molecule has 0 aromatic heterocycles. The zero-order valence-corrected chi connectivity index (χ0v) is 14.6. The van der Waals surface area contributed by atoms with Crippen LogP contribution in [-0.2, 0) is 4.79 Å². The molecule has 5 nitrogen and oxygen atoms in total. The van der Waals surface area contributed by atoms with E-state index in [4.69, 9.17) is 0 Å². The highest BCUT2D eigenvalue weighted by Gasteiger charge is 2.30. The third kappa shape index (κ3) is 3.93. The summed E-state index contributed by atoms with van der Waals surface area (Å²) < 4.78 is 13.0. The molecule has 2 aromatic rings. The number of halogens is 1. The Kier molecular flexibility index (Phi) is 5.23. The maximum atomic E-state index is 13.0. The maximum absolute atomic E-state index is 13.0. The first-order valence-corrected chi connectivity index (χ1v) is 9.06. The largest absolute Gasteiger partial charge is 0.325 e. The van der Waals surface area contributed by atoms with E-state index in [1.807, 2.05) is 30.5 Å². The van der Waals surface area contributed by atoms with Crippen LogP contribution in [0, 0.1) is 5.82 Å². The fourth-order valence-electron chi connectivity index (χ4n) is 2.70. The third-order valence-corrected chi connectivity index (χ3v) is 4.74.